The van der Waals surface area contributed by atoms with Gasteiger partial charge in [-0.05, 0) is 53.6 Å². The first kappa shape index (κ1) is 17.0. The van der Waals surface area contributed by atoms with Crippen LogP contribution in [0.2, 0.25) is 0 Å². The summed E-state index contributed by atoms with van der Waals surface area (Å²) >= 11 is 3.43. The van der Waals surface area contributed by atoms with Crippen molar-refractivity contribution in [1.29, 1.82) is 0 Å². The Labute approximate surface area is 150 Å². The van der Waals surface area contributed by atoms with Crippen molar-refractivity contribution in [2.24, 2.45) is 5.73 Å². The number of rotatable bonds is 7. The second-order valence-electron chi connectivity index (χ2n) is 5.89. The summed E-state index contributed by atoms with van der Waals surface area (Å²) in [5.41, 5.74) is 10.8. The number of aryl methyl sites for hydroxylation is 1. The van der Waals surface area contributed by atoms with Crippen LogP contribution in [-0.2, 0) is 19.4 Å². The average Bonchev–Trinajstić information content (AvgIpc) is 3.26. The van der Waals surface area contributed by atoms with E-state index in [1.54, 1.807) is 22.7 Å². The van der Waals surface area contributed by atoms with Gasteiger partial charge in [0.25, 0.3) is 5.91 Å². The van der Waals surface area contributed by atoms with E-state index in [0.717, 1.165) is 42.6 Å². The molecule has 5 heteroatoms. The lowest BCUT2D eigenvalue weighted by Crippen LogP contribution is -2.13. The number of nitrogens with two attached hydrogens (primary N) is 1. The van der Waals surface area contributed by atoms with Crippen LogP contribution in [0.5, 0.6) is 0 Å². The number of thiophene rings is 2. The molecule has 0 aromatic carbocycles. The fourth-order valence-electron chi connectivity index (χ4n) is 3.29. The van der Waals surface area contributed by atoms with Crippen molar-refractivity contribution in [3.8, 4) is 11.1 Å². The summed E-state index contributed by atoms with van der Waals surface area (Å²) in [7, 11) is 0. The predicted molar refractivity (Wildman–Crippen MR) is 103 cm³/mol. The van der Waals surface area contributed by atoms with Crippen molar-refractivity contribution in [2.75, 3.05) is 0 Å². The lowest BCUT2D eigenvalue weighted by atomic mass is 10.0. The number of amides is 1. The van der Waals surface area contributed by atoms with Crippen LogP contribution < -0.4 is 5.73 Å². The highest BCUT2D eigenvalue weighted by atomic mass is 32.1. The lowest BCUT2D eigenvalue weighted by molar-refractivity contribution is 0.1000. The topological polar surface area (TPSA) is 48.0 Å². The molecule has 2 N–H and O–H groups in total. The maximum absolute atomic E-state index is 12.2. The van der Waals surface area contributed by atoms with E-state index in [9.17, 15) is 4.79 Å². The highest BCUT2D eigenvalue weighted by Gasteiger charge is 2.24. The average molecular weight is 359 g/mol. The number of carbonyl (C=O) groups is 1. The molecule has 0 radical (unpaired) electrons. The zero-order valence-corrected chi connectivity index (χ0v) is 15.7. The van der Waals surface area contributed by atoms with Gasteiger partial charge in [-0.25, -0.2) is 0 Å². The van der Waals surface area contributed by atoms with E-state index in [1.165, 1.54) is 10.6 Å². The molecule has 1 amide bonds. The minimum atomic E-state index is -0.332. The van der Waals surface area contributed by atoms with Gasteiger partial charge >= 0.3 is 0 Å². The first-order valence-corrected chi connectivity index (χ1v) is 10.0. The summed E-state index contributed by atoms with van der Waals surface area (Å²) in [6, 6.07) is 6.33. The van der Waals surface area contributed by atoms with E-state index in [0.29, 0.717) is 5.56 Å². The minimum Gasteiger partial charge on any atom is -0.366 e. The molecule has 0 saturated heterocycles. The summed E-state index contributed by atoms with van der Waals surface area (Å²) in [4.78, 5) is 13.5. The molecule has 0 fully saturated rings. The van der Waals surface area contributed by atoms with Gasteiger partial charge in [0.1, 0.15) is 0 Å². The Morgan fingerprint density at radius 3 is 2.67 bits per heavy atom. The van der Waals surface area contributed by atoms with Gasteiger partial charge in [0.2, 0.25) is 0 Å². The van der Waals surface area contributed by atoms with Crippen LogP contribution >= 0.6 is 22.7 Å². The molecule has 0 atom stereocenters. The van der Waals surface area contributed by atoms with Crippen LogP contribution in [0.25, 0.3) is 11.1 Å². The molecule has 0 unspecified atom stereocenters. The van der Waals surface area contributed by atoms with Gasteiger partial charge in [-0.3, -0.25) is 4.79 Å². The van der Waals surface area contributed by atoms with Crippen molar-refractivity contribution in [3.63, 3.8) is 0 Å². The normalized spacial score (nSPS) is 11.1. The Hall–Kier alpha value is -1.85. The zero-order chi connectivity index (χ0) is 17.1. The van der Waals surface area contributed by atoms with Gasteiger partial charge in [0.05, 0.1) is 5.56 Å². The predicted octanol–water partition coefficient (Wildman–Crippen LogP) is 4.88. The molecule has 126 valence electrons. The van der Waals surface area contributed by atoms with E-state index in [-0.39, 0.29) is 5.91 Å². The minimum absolute atomic E-state index is 0.332. The molecule has 3 aromatic heterocycles. The Morgan fingerprint density at radius 2 is 2.08 bits per heavy atom. The molecule has 0 spiro atoms. The van der Waals surface area contributed by atoms with E-state index in [2.05, 4.69) is 40.5 Å². The van der Waals surface area contributed by atoms with Crippen molar-refractivity contribution < 1.29 is 4.79 Å². The first-order chi connectivity index (χ1) is 11.6. The largest absolute Gasteiger partial charge is 0.366 e. The van der Waals surface area contributed by atoms with Crippen LogP contribution in [0, 0.1) is 6.92 Å². The maximum atomic E-state index is 12.2. The quantitative estimate of drug-likeness (QED) is 0.643. The molecular weight excluding hydrogens is 336 g/mol. The van der Waals surface area contributed by atoms with E-state index in [1.807, 2.05) is 12.3 Å². The number of hydrogen-bond donors (Lipinski definition) is 1. The van der Waals surface area contributed by atoms with Gasteiger partial charge in [-0.1, -0.05) is 19.4 Å². The molecule has 0 bridgehead atoms. The van der Waals surface area contributed by atoms with Gasteiger partial charge in [-0.15, -0.1) is 11.3 Å². The maximum Gasteiger partial charge on any atom is 0.251 e. The third-order valence-electron chi connectivity index (χ3n) is 4.34. The summed E-state index contributed by atoms with van der Waals surface area (Å²) in [6.07, 6.45) is 2.96. The van der Waals surface area contributed by atoms with Crippen molar-refractivity contribution in [2.45, 2.75) is 39.7 Å². The Kier molecular flexibility index (Phi) is 5.21. The van der Waals surface area contributed by atoms with Crippen molar-refractivity contribution >= 4 is 28.6 Å². The fraction of sp³-hybridized carbons (Fsp3) is 0.316. The summed E-state index contributed by atoms with van der Waals surface area (Å²) in [6.45, 7) is 5.07. The SMILES string of the molecule is CCCc1c(-c2ccsc2)c(C(N)=O)c(C)n1CCc1cccs1. The molecule has 3 heterocycles. The number of primary amides is 1. The second-order valence-corrected chi connectivity index (χ2v) is 7.70. The van der Waals surface area contributed by atoms with Crippen LogP contribution in [0.1, 0.15) is 40.0 Å². The van der Waals surface area contributed by atoms with E-state index < -0.39 is 0 Å². The Bertz CT molecular complexity index is 814. The number of carbonyl (C=O) groups excluding carboxylic acids is 1. The van der Waals surface area contributed by atoms with Gasteiger partial charge in [-0.2, -0.15) is 11.3 Å². The number of aromatic nitrogens is 1. The standard InChI is InChI=1S/C19H22N2OS2/c1-3-5-16-18(14-8-11-23-12-14)17(19(20)22)13(2)21(16)9-7-15-6-4-10-24-15/h4,6,8,10-12H,3,5,7,9H2,1-2H3,(H2,20,22). The van der Waals surface area contributed by atoms with Crippen LogP contribution in [-0.4, -0.2) is 10.5 Å². The van der Waals surface area contributed by atoms with Crippen molar-refractivity contribution in [1.82, 2.24) is 4.57 Å². The molecule has 0 aliphatic carbocycles. The molecule has 0 saturated carbocycles. The van der Waals surface area contributed by atoms with Crippen LogP contribution in [0.3, 0.4) is 0 Å². The molecule has 0 aliphatic rings. The van der Waals surface area contributed by atoms with Crippen LogP contribution in [0.15, 0.2) is 34.3 Å². The summed E-state index contributed by atoms with van der Waals surface area (Å²) in [5.74, 6) is -0.332. The third-order valence-corrected chi connectivity index (χ3v) is 5.96. The number of nitrogens with zero attached hydrogens (tertiary/aromatic N) is 1. The molecule has 0 aliphatic heterocycles. The lowest BCUT2D eigenvalue weighted by Gasteiger charge is -2.12. The molecular formula is C19H22N2OS2. The van der Waals surface area contributed by atoms with Gasteiger partial charge < -0.3 is 10.3 Å². The zero-order valence-electron chi connectivity index (χ0n) is 14.0. The third kappa shape index (κ3) is 3.19. The van der Waals surface area contributed by atoms with Gasteiger partial charge in [0.15, 0.2) is 0 Å². The molecule has 3 rings (SSSR count). The number of hydrogen-bond acceptors (Lipinski definition) is 3. The highest BCUT2D eigenvalue weighted by molar-refractivity contribution is 7.09. The fourth-order valence-corrected chi connectivity index (χ4v) is 4.64. The summed E-state index contributed by atoms with van der Waals surface area (Å²) < 4.78 is 2.30. The van der Waals surface area contributed by atoms with Gasteiger partial charge in [0, 0.05) is 28.4 Å². The monoisotopic (exact) mass is 358 g/mol. The first-order valence-electron chi connectivity index (χ1n) is 8.20. The molecule has 24 heavy (non-hydrogen) atoms. The smallest absolute Gasteiger partial charge is 0.251 e. The van der Waals surface area contributed by atoms with E-state index >= 15 is 0 Å². The van der Waals surface area contributed by atoms with Crippen LogP contribution in [0.4, 0.5) is 0 Å². The summed E-state index contributed by atoms with van der Waals surface area (Å²) in [5, 5.41) is 6.26. The van der Waals surface area contributed by atoms with Crippen molar-refractivity contribution in [3.05, 3.63) is 56.2 Å². The second kappa shape index (κ2) is 7.36. The Balaban J connectivity index is 2.09. The van der Waals surface area contributed by atoms with E-state index in [4.69, 9.17) is 5.73 Å². The molecule has 3 nitrogen and oxygen atoms in total. The Morgan fingerprint density at radius 1 is 1.25 bits per heavy atom. The molecule has 3 aromatic rings. The highest BCUT2D eigenvalue weighted by Crippen LogP contribution is 2.35.